The molecule has 0 spiro atoms. The molecule has 1 amide bonds. The topological polar surface area (TPSA) is 49.8 Å². The summed E-state index contributed by atoms with van der Waals surface area (Å²) in [6.07, 6.45) is 0.966. The van der Waals surface area contributed by atoms with E-state index < -0.39 is 6.09 Å². The number of amides is 1. The Morgan fingerprint density at radius 3 is 2.88 bits per heavy atom. The highest BCUT2D eigenvalue weighted by atomic mass is 16.5. The van der Waals surface area contributed by atoms with E-state index in [1.165, 1.54) is 4.90 Å². The lowest BCUT2D eigenvalue weighted by Crippen LogP contribution is -2.37. The summed E-state index contributed by atoms with van der Waals surface area (Å²) in [5.41, 5.74) is 0. The molecule has 1 saturated heterocycles. The summed E-state index contributed by atoms with van der Waals surface area (Å²) in [4.78, 5) is 12.4. The van der Waals surface area contributed by atoms with Crippen LogP contribution < -0.4 is 4.74 Å². The molecular formula is C12H15NO3. The van der Waals surface area contributed by atoms with Crippen molar-refractivity contribution in [2.45, 2.75) is 18.9 Å². The van der Waals surface area contributed by atoms with Crippen molar-refractivity contribution >= 4 is 6.09 Å². The van der Waals surface area contributed by atoms with Crippen LogP contribution in [-0.4, -0.2) is 35.3 Å². The third-order valence-electron chi connectivity index (χ3n) is 2.81. The first-order valence-corrected chi connectivity index (χ1v) is 5.45. The van der Waals surface area contributed by atoms with Gasteiger partial charge in [-0.05, 0) is 25.0 Å². The number of ether oxygens (including phenoxy) is 1. The average Bonchev–Trinajstić information content (AvgIpc) is 2.76. The van der Waals surface area contributed by atoms with Crippen molar-refractivity contribution in [3.63, 3.8) is 0 Å². The SMILES string of the molecule is O=C(O)N1CCC[C@@H]1COc1ccccc1. The fraction of sp³-hybridized carbons (Fsp3) is 0.417. The van der Waals surface area contributed by atoms with E-state index in [4.69, 9.17) is 9.84 Å². The van der Waals surface area contributed by atoms with Crippen LogP contribution in [0.15, 0.2) is 30.3 Å². The minimum absolute atomic E-state index is 0.00212. The average molecular weight is 221 g/mol. The van der Waals surface area contributed by atoms with Crippen LogP contribution in [0.5, 0.6) is 5.75 Å². The lowest BCUT2D eigenvalue weighted by molar-refractivity contribution is 0.123. The molecule has 0 aliphatic carbocycles. The fourth-order valence-electron chi connectivity index (χ4n) is 1.97. The second-order valence-electron chi connectivity index (χ2n) is 3.90. The molecule has 1 N–H and O–H groups in total. The Morgan fingerprint density at radius 2 is 2.19 bits per heavy atom. The Hall–Kier alpha value is -1.71. The van der Waals surface area contributed by atoms with Crippen LogP contribution in [-0.2, 0) is 0 Å². The van der Waals surface area contributed by atoms with Crippen molar-refractivity contribution in [2.75, 3.05) is 13.2 Å². The van der Waals surface area contributed by atoms with Crippen LogP contribution in [0.2, 0.25) is 0 Å². The van der Waals surface area contributed by atoms with Gasteiger partial charge in [-0.2, -0.15) is 0 Å². The van der Waals surface area contributed by atoms with Crippen LogP contribution >= 0.6 is 0 Å². The van der Waals surface area contributed by atoms with Crippen molar-refractivity contribution < 1.29 is 14.6 Å². The number of nitrogens with zero attached hydrogens (tertiary/aromatic N) is 1. The van der Waals surface area contributed by atoms with Crippen LogP contribution in [0.25, 0.3) is 0 Å². The first-order chi connectivity index (χ1) is 7.77. The summed E-state index contributed by atoms with van der Waals surface area (Å²) in [6, 6.07) is 9.47. The molecule has 1 aliphatic heterocycles. The molecule has 1 atom stereocenters. The molecule has 0 saturated carbocycles. The number of benzene rings is 1. The Labute approximate surface area is 94.4 Å². The van der Waals surface area contributed by atoms with Gasteiger partial charge in [-0.3, -0.25) is 0 Å². The zero-order valence-corrected chi connectivity index (χ0v) is 9.00. The molecule has 4 nitrogen and oxygen atoms in total. The molecule has 1 aromatic carbocycles. The smallest absolute Gasteiger partial charge is 0.407 e. The van der Waals surface area contributed by atoms with Gasteiger partial charge in [-0.1, -0.05) is 18.2 Å². The van der Waals surface area contributed by atoms with Gasteiger partial charge in [-0.25, -0.2) is 4.79 Å². The lowest BCUT2D eigenvalue weighted by Gasteiger charge is -2.21. The fourth-order valence-corrected chi connectivity index (χ4v) is 1.97. The molecule has 4 heteroatoms. The number of hydrogen-bond acceptors (Lipinski definition) is 2. The van der Waals surface area contributed by atoms with Crippen molar-refractivity contribution in [3.05, 3.63) is 30.3 Å². The Bertz CT molecular complexity index is 353. The van der Waals surface area contributed by atoms with E-state index in [2.05, 4.69) is 0 Å². The molecular weight excluding hydrogens is 206 g/mol. The maximum absolute atomic E-state index is 10.9. The molecule has 1 heterocycles. The predicted molar refractivity (Wildman–Crippen MR) is 59.7 cm³/mol. The van der Waals surface area contributed by atoms with Crippen molar-refractivity contribution in [2.24, 2.45) is 0 Å². The highest BCUT2D eigenvalue weighted by molar-refractivity contribution is 5.65. The first kappa shape index (κ1) is 10.8. The van der Waals surface area contributed by atoms with E-state index >= 15 is 0 Å². The zero-order valence-electron chi connectivity index (χ0n) is 9.00. The number of carbonyl (C=O) groups is 1. The first-order valence-electron chi connectivity index (χ1n) is 5.45. The number of hydrogen-bond donors (Lipinski definition) is 1. The molecule has 0 bridgehead atoms. The molecule has 1 aliphatic rings. The Morgan fingerprint density at radius 1 is 1.44 bits per heavy atom. The van der Waals surface area contributed by atoms with Crippen LogP contribution in [0, 0.1) is 0 Å². The number of para-hydroxylation sites is 1. The third kappa shape index (κ3) is 2.45. The lowest BCUT2D eigenvalue weighted by atomic mass is 10.2. The van der Waals surface area contributed by atoms with Crippen LogP contribution in [0.1, 0.15) is 12.8 Å². The molecule has 1 aromatic rings. The highest BCUT2D eigenvalue weighted by Gasteiger charge is 2.28. The van der Waals surface area contributed by atoms with E-state index in [0.717, 1.165) is 18.6 Å². The van der Waals surface area contributed by atoms with Gasteiger partial charge in [0, 0.05) is 6.54 Å². The summed E-state index contributed by atoms with van der Waals surface area (Å²) in [5, 5.41) is 8.95. The van der Waals surface area contributed by atoms with E-state index in [0.29, 0.717) is 13.2 Å². The molecule has 2 rings (SSSR count). The Balaban J connectivity index is 1.88. The zero-order chi connectivity index (χ0) is 11.4. The van der Waals surface area contributed by atoms with Gasteiger partial charge in [0.25, 0.3) is 0 Å². The van der Waals surface area contributed by atoms with Crippen LogP contribution in [0.3, 0.4) is 0 Å². The quantitative estimate of drug-likeness (QED) is 0.851. The number of rotatable bonds is 3. The maximum Gasteiger partial charge on any atom is 0.407 e. The second kappa shape index (κ2) is 4.88. The summed E-state index contributed by atoms with van der Waals surface area (Å²) < 4.78 is 5.57. The predicted octanol–water partition coefficient (Wildman–Crippen LogP) is 2.21. The third-order valence-corrected chi connectivity index (χ3v) is 2.81. The minimum Gasteiger partial charge on any atom is -0.491 e. The normalized spacial score (nSPS) is 19.8. The van der Waals surface area contributed by atoms with Gasteiger partial charge in [0.1, 0.15) is 12.4 Å². The summed E-state index contributed by atoms with van der Waals surface area (Å²) in [7, 11) is 0. The second-order valence-corrected chi connectivity index (χ2v) is 3.90. The largest absolute Gasteiger partial charge is 0.491 e. The van der Waals surface area contributed by atoms with Crippen molar-refractivity contribution in [3.8, 4) is 5.75 Å². The van der Waals surface area contributed by atoms with Gasteiger partial charge in [0.15, 0.2) is 0 Å². The number of carboxylic acid groups (broad SMARTS) is 1. The van der Waals surface area contributed by atoms with E-state index in [-0.39, 0.29) is 6.04 Å². The standard InChI is InChI=1S/C12H15NO3/c14-12(15)13-8-4-5-10(13)9-16-11-6-2-1-3-7-11/h1-3,6-7,10H,4-5,8-9H2,(H,14,15)/t10-/m1/s1. The van der Waals surface area contributed by atoms with Gasteiger partial charge >= 0.3 is 6.09 Å². The van der Waals surface area contributed by atoms with Gasteiger partial charge in [0.2, 0.25) is 0 Å². The summed E-state index contributed by atoms with van der Waals surface area (Å²) >= 11 is 0. The van der Waals surface area contributed by atoms with E-state index in [9.17, 15) is 4.79 Å². The van der Waals surface area contributed by atoms with E-state index in [1.54, 1.807) is 0 Å². The van der Waals surface area contributed by atoms with Gasteiger partial charge < -0.3 is 14.7 Å². The van der Waals surface area contributed by atoms with Gasteiger partial charge in [0.05, 0.1) is 6.04 Å². The van der Waals surface area contributed by atoms with Crippen LogP contribution in [0.4, 0.5) is 4.79 Å². The van der Waals surface area contributed by atoms with Crippen molar-refractivity contribution in [1.82, 2.24) is 4.90 Å². The molecule has 86 valence electrons. The molecule has 0 aromatic heterocycles. The molecule has 16 heavy (non-hydrogen) atoms. The van der Waals surface area contributed by atoms with E-state index in [1.807, 2.05) is 30.3 Å². The highest BCUT2D eigenvalue weighted by Crippen LogP contribution is 2.18. The Kier molecular flexibility index (Phi) is 3.29. The molecule has 0 unspecified atom stereocenters. The summed E-state index contributed by atoms with van der Waals surface area (Å²) in [5.74, 6) is 0.791. The number of likely N-dealkylation sites (tertiary alicyclic amines) is 1. The van der Waals surface area contributed by atoms with Crippen molar-refractivity contribution in [1.29, 1.82) is 0 Å². The monoisotopic (exact) mass is 221 g/mol. The molecule has 0 radical (unpaired) electrons. The molecule has 1 fully saturated rings. The maximum atomic E-state index is 10.9. The summed E-state index contributed by atoms with van der Waals surface area (Å²) in [6.45, 7) is 1.06. The minimum atomic E-state index is -0.848. The van der Waals surface area contributed by atoms with Gasteiger partial charge in [-0.15, -0.1) is 0 Å².